The molecule has 0 spiro atoms. The predicted octanol–water partition coefficient (Wildman–Crippen LogP) is 11.4. The second kappa shape index (κ2) is 29.6. The molecule has 99 heavy (non-hydrogen) atoms. The number of methoxy groups -OCH3 is 4. The van der Waals surface area contributed by atoms with Gasteiger partial charge in [-0.15, -0.1) is 23.2 Å². The lowest BCUT2D eigenvalue weighted by Gasteiger charge is -2.47. The lowest BCUT2D eigenvalue weighted by atomic mass is 9.61. The summed E-state index contributed by atoms with van der Waals surface area (Å²) in [5.74, 6) is -8.19. The van der Waals surface area contributed by atoms with Gasteiger partial charge in [-0.1, -0.05) is 118 Å². The summed E-state index contributed by atoms with van der Waals surface area (Å²) in [5, 5.41) is 0.194. The van der Waals surface area contributed by atoms with Crippen molar-refractivity contribution >= 4 is 98.4 Å². The minimum absolute atomic E-state index is 0.0410. The fraction of sp³-hybridized carbons (Fsp3) is 0.479. The van der Waals surface area contributed by atoms with Gasteiger partial charge in [0.05, 0.1) is 78.4 Å². The molecule has 26 heteroatoms. The van der Waals surface area contributed by atoms with Crippen molar-refractivity contribution < 1.29 is 90.9 Å². The Labute approximate surface area is 588 Å². The van der Waals surface area contributed by atoms with Gasteiger partial charge in [0.25, 0.3) is 0 Å². The van der Waals surface area contributed by atoms with E-state index < -0.39 is 141 Å². The van der Waals surface area contributed by atoms with Gasteiger partial charge in [-0.05, 0) is 163 Å². The van der Waals surface area contributed by atoms with Crippen molar-refractivity contribution in [3.8, 4) is 0 Å². The number of halogens is 2. The van der Waals surface area contributed by atoms with Gasteiger partial charge in [0.1, 0.15) is 0 Å². The second-order valence-corrected chi connectivity index (χ2v) is 36.7. The lowest BCUT2D eigenvalue weighted by molar-refractivity contribution is -0.170. The number of hydrogen-bond donors (Lipinski definition) is 0. The van der Waals surface area contributed by atoms with Gasteiger partial charge in [0, 0.05) is 24.7 Å². The van der Waals surface area contributed by atoms with Crippen LogP contribution in [-0.4, -0.2) is 125 Å². The number of sulfone groups is 4. The van der Waals surface area contributed by atoms with E-state index in [9.17, 15) is 62.4 Å². The average molecular weight is 1480 g/mol. The molecule has 8 aliphatic carbocycles. The predicted molar refractivity (Wildman–Crippen MR) is 366 cm³/mol. The number of benzene rings is 4. The molecule has 0 radical (unpaired) electrons. The normalized spacial score (nSPS) is 25.3. The zero-order valence-electron chi connectivity index (χ0n) is 55.9. The Bertz CT molecular complexity index is 3930. The minimum atomic E-state index is -4.49. The monoisotopic (exact) mass is 1480 g/mol. The van der Waals surface area contributed by atoms with Crippen LogP contribution in [-0.2, 0) is 96.5 Å². The van der Waals surface area contributed by atoms with Gasteiger partial charge in [-0.25, -0.2) is 33.7 Å². The van der Waals surface area contributed by atoms with Crippen molar-refractivity contribution in [1.29, 1.82) is 0 Å². The van der Waals surface area contributed by atoms with Crippen LogP contribution in [0, 0.1) is 58.2 Å². The summed E-state index contributed by atoms with van der Waals surface area (Å²) in [7, 11) is -13.1. The van der Waals surface area contributed by atoms with Crippen molar-refractivity contribution in [1.82, 2.24) is 0 Å². The molecule has 2 saturated carbocycles. The number of carbonyl (C=O) groups is 6. The van der Waals surface area contributed by atoms with Crippen LogP contribution in [0.1, 0.15) is 104 Å². The molecule has 0 amide bonds. The Morgan fingerprint density at radius 1 is 0.404 bits per heavy atom. The van der Waals surface area contributed by atoms with Crippen molar-refractivity contribution in [2.24, 2.45) is 58.2 Å². The minimum Gasteiger partial charge on any atom is -0.468 e. The summed E-state index contributed by atoms with van der Waals surface area (Å²) in [6.45, 7) is 3.65. The molecule has 4 aromatic rings. The van der Waals surface area contributed by atoms with E-state index in [4.69, 9.17) is 51.6 Å². The first-order valence-corrected chi connectivity index (χ1v) is 40.0. The topological polar surface area (TPSA) is 294 Å². The molecule has 0 aromatic heterocycles. The van der Waals surface area contributed by atoms with E-state index in [0.717, 1.165) is 33.4 Å². The molecule has 532 valence electrons. The van der Waals surface area contributed by atoms with E-state index in [1.807, 2.05) is 0 Å². The van der Waals surface area contributed by atoms with Crippen LogP contribution >= 0.6 is 23.2 Å². The summed E-state index contributed by atoms with van der Waals surface area (Å²) < 4.78 is 145. The maximum Gasteiger partial charge on any atom is 0.323 e. The standard InChI is InChI=1S/2C36H40O10S2.CH2Cl2/c2*1-4-46-32(37)28-19-27-26(30-20-35(21-31(28)30,33(38)44-2)34(39)45-3)16-15-23-17-18-36(22-29(23)27,47(40,41)24-11-7-5-8-12-24)48(42,43)25-13-9-6-10-14-25;2-1-3/h2*5-14,17,28-31H,4,15-16,18-22H2,1-3H3;1H2/t2*28-,29+,30+,31+;/m10./s1. The Kier molecular flexibility index (Phi) is 22.3. The number of esters is 6. The molecule has 8 aliphatic rings. The van der Waals surface area contributed by atoms with Crippen molar-refractivity contribution in [3.05, 3.63) is 167 Å². The molecule has 20 nitrogen and oxygen atoms in total. The Balaban J connectivity index is 0.000000206. The molecule has 0 bridgehead atoms. The van der Waals surface area contributed by atoms with Gasteiger partial charge in [0.15, 0.2) is 58.3 Å². The first-order chi connectivity index (χ1) is 47.2. The SMILES string of the molecule is CCOC(=O)[C@@H]1CC2=C(CCC3=CCC(S(=O)(=O)c4ccccc4)(S(=O)(=O)c4ccccc4)C[C@@H]32)[C@@H]2CC(C(=O)OC)(C(=O)OC)C[C@@H]12.CCOC(=O)[C@H]1CC2=C(CCC3=CCC(S(=O)(=O)c4ccccc4)(S(=O)(=O)c4ccccc4)C[C@H]32)[C@H]2CC(C(=O)OC)(C(=O)OC)C[C@H]12.ClCCl. The van der Waals surface area contributed by atoms with Crippen LogP contribution in [0.15, 0.2) is 186 Å². The lowest BCUT2D eigenvalue weighted by Crippen LogP contribution is -2.50. The van der Waals surface area contributed by atoms with E-state index >= 15 is 0 Å². The van der Waals surface area contributed by atoms with E-state index in [1.165, 1.54) is 77.0 Å². The summed E-state index contributed by atoms with van der Waals surface area (Å²) in [4.78, 5) is 79.8. The van der Waals surface area contributed by atoms with Crippen molar-refractivity contribution in [2.75, 3.05) is 47.0 Å². The molecule has 0 heterocycles. The van der Waals surface area contributed by atoms with Crippen LogP contribution < -0.4 is 0 Å². The zero-order chi connectivity index (χ0) is 71.7. The summed E-state index contributed by atoms with van der Waals surface area (Å²) >= 11 is 9.53. The van der Waals surface area contributed by atoms with Gasteiger partial charge in [-0.3, -0.25) is 28.8 Å². The maximum atomic E-state index is 14.7. The summed E-state index contributed by atoms with van der Waals surface area (Å²) in [5.41, 5.74) is 2.12. The quantitative estimate of drug-likeness (QED) is 0.0331. The number of allylic oxidation sites excluding steroid dienone is 8. The molecule has 0 unspecified atom stereocenters. The molecular formula is C73H82Cl2O20S4. The zero-order valence-corrected chi connectivity index (χ0v) is 60.7. The van der Waals surface area contributed by atoms with Crippen LogP contribution in [0.4, 0.5) is 0 Å². The average Bonchev–Trinajstić information content (AvgIpc) is 1.10. The van der Waals surface area contributed by atoms with E-state index in [1.54, 1.807) is 98.8 Å². The molecule has 0 N–H and O–H groups in total. The number of fused-ring (bicyclic) bond motifs is 8. The smallest absolute Gasteiger partial charge is 0.323 e. The Morgan fingerprint density at radius 2 is 0.677 bits per heavy atom. The van der Waals surface area contributed by atoms with Crippen LogP contribution in [0.25, 0.3) is 0 Å². The number of ether oxygens (including phenoxy) is 6. The summed E-state index contributed by atoms with van der Waals surface area (Å²) in [6.07, 6.45) is 5.50. The van der Waals surface area contributed by atoms with Crippen LogP contribution in [0.2, 0.25) is 0 Å². The number of alkyl halides is 2. The number of rotatable bonds is 16. The maximum absolute atomic E-state index is 14.7. The number of carbonyl (C=O) groups excluding carboxylic acids is 6. The van der Waals surface area contributed by atoms with E-state index in [2.05, 4.69) is 0 Å². The Hall–Kier alpha value is -6.96. The third-order valence-electron chi connectivity index (χ3n) is 22.1. The van der Waals surface area contributed by atoms with E-state index in [-0.39, 0.29) is 102 Å². The highest BCUT2D eigenvalue weighted by Gasteiger charge is 2.67. The van der Waals surface area contributed by atoms with E-state index in [0.29, 0.717) is 25.7 Å². The molecule has 0 saturated heterocycles. The van der Waals surface area contributed by atoms with Crippen molar-refractivity contribution in [2.45, 2.75) is 131 Å². The van der Waals surface area contributed by atoms with Crippen molar-refractivity contribution in [3.63, 3.8) is 0 Å². The highest BCUT2D eigenvalue weighted by molar-refractivity contribution is 8.11. The third-order valence-corrected chi connectivity index (χ3v) is 33.6. The molecule has 4 aromatic carbocycles. The van der Waals surface area contributed by atoms with Gasteiger partial charge in [0.2, 0.25) is 0 Å². The highest BCUT2D eigenvalue weighted by atomic mass is 35.5. The molecule has 0 aliphatic heterocycles. The first kappa shape index (κ1) is 74.7. The third kappa shape index (κ3) is 12.6. The van der Waals surface area contributed by atoms with Crippen LogP contribution in [0.5, 0.6) is 0 Å². The Morgan fingerprint density at radius 3 is 0.929 bits per heavy atom. The highest BCUT2D eigenvalue weighted by Crippen LogP contribution is 2.65. The number of hydrogen-bond acceptors (Lipinski definition) is 20. The molecule has 2 fully saturated rings. The van der Waals surface area contributed by atoms with Gasteiger partial charge < -0.3 is 28.4 Å². The summed E-state index contributed by atoms with van der Waals surface area (Å²) in [6, 6.07) is 30.6. The second-order valence-electron chi connectivity index (χ2n) is 26.4. The fourth-order valence-corrected chi connectivity index (χ4v) is 27.6. The largest absolute Gasteiger partial charge is 0.468 e. The first-order valence-electron chi connectivity index (χ1n) is 33.0. The molecular weight excluding hydrogens is 1400 g/mol. The fourth-order valence-electron chi connectivity index (χ4n) is 17.6. The molecule has 12 rings (SSSR count). The van der Waals surface area contributed by atoms with Gasteiger partial charge >= 0.3 is 35.8 Å². The van der Waals surface area contributed by atoms with Crippen LogP contribution in [0.3, 0.4) is 0 Å². The molecule has 8 atom stereocenters. The van der Waals surface area contributed by atoms with Gasteiger partial charge in [-0.2, -0.15) is 0 Å².